The molecular weight excluding hydrogens is 260 g/mol. The molecule has 2 nitrogen and oxygen atoms in total. The molecule has 1 aliphatic rings. The van der Waals surface area contributed by atoms with Gasteiger partial charge in [-0.05, 0) is 36.5 Å². The highest BCUT2D eigenvalue weighted by atomic mass is 32.1. The third-order valence-electron chi connectivity index (χ3n) is 3.57. The van der Waals surface area contributed by atoms with Crippen molar-refractivity contribution in [1.29, 1.82) is 0 Å². The Morgan fingerprint density at radius 1 is 1.44 bits per heavy atom. The molecule has 100 valence electrons. The van der Waals surface area contributed by atoms with E-state index in [1.54, 1.807) is 0 Å². The molecule has 1 heterocycles. The van der Waals surface area contributed by atoms with Crippen molar-refractivity contribution in [2.75, 3.05) is 6.54 Å². The van der Waals surface area contributed by atoms with Gasteiger partial charge in [-0.25, -0.2) is 0 Å². The van der Waals surface area contributed by atoms with Crippen LogP contribution in [0.3, 0.4) is 0 Å². The summed E-state index contributed by atoms with van der Waals surface area (Å²) in [5.74, 6) is 0. The predicted molar refractivity (Wildman–Crippen MR) is 83.3 cm³/mol. The van der Waals surface area contributed by atoms with Crippen LogP contribution in [0.4, 0.5) is 0 Å². The lowest BCUT2D eigenvalue weighted by atomic mass is 9.91. The molecule has 0 spiro atoms. The molecule has 1 aromatic heterocycles. The molecule has 0 bridgehead atoms. The molecule has 4 heteroatoms. The molecule has 1 aliphatic carbocycles. The van der Waals surface area contributed by atoms with Crippen LogP contribution in [0.5, 0.6) is 0 Å². The van der Waals surface area contributed by atoms with Gasteiger partial charge >= 0.3 is 0 Å². The van der Waals surface area contributed by atoms with Gasteiger partial charge in [-0.15, -0.1) is 11.3 Å². The molecule has 0 amide bonds. The number of nitrogens with one attached hydrogen (secondary N) is 2. The molecule has 2 rings (SSSR count). The predicted octanol–water partition coefficient (Wildman–Crippen LogP) is 3.43. The van der Waals surface area contributed by atoms with Crippen LogP contribution in [0.2, 0.25) is 0 Å². The Kier molecular flexibility index (Phi) is 4.62. The minimum absolute atomic E-state index is 0.135. The van der Waals surface area contributed by atoms with Crippen LogP contribution in [0.15, 0.2) is 17.5 Å². The van der Waals surface area contributed by atoms with Gasteiger partial charge in [0.25, 0.3) is 0 Å². The zero-order valence-electron chi connectivity index (χ0n) is 11.2. The van der Waals surface area contributed by atoms with Gasteiger partial charge in [-0.1, -0.05) is 32.8 Å². The van der Waals surface area contributed by atoms with Gasteiger partial charge in [-0.2, -0.15) is 0 Å². The zero-order valence-corrected chi connectivity index (χ0v) is 12.8. The van der Waals surface area contributed by atoms with Crippen LogP contribution in [0.25, 0.3) is 0 Å². The van der Waals surface area contributed by atoms with Gasteiger partial charge in [0.15, 0.2) is 5.11 Å². The van der Waals surface area contributed by atoms with E-state index in [1.807, 2.05) is 11.3 Å². The van der Waals surface area contributed by atoms with Crippen molar-refractivity contribution in [3.63, 3.8) is 0 Å². The normalized spacial score (nSPS) is 16.8. The van der Waals surface area contributed by atoms with Crippen molar-refractivity contribution in [1.82, 2.24) is 10.6 Å². The summed E-state index contributed by atoms with van der Waals surface area (Å²) >= 11 is 7.18. The third-order valence-corrected chi connectivity index (χ3v) is 5.07. The molecule has 1 saturated carbocycles. The van der Waals surface area contributed by atoms with Crippen LogP contribution < -0.4 is 10.6 Å². The second kappa shape index (κ2) is 6.02. The van der Waals surface area contributed by atoms with E-state index in [2.05, 4.69) is 42.0 Å². The molecule has 0 saturated heterocycles. The smallest absolute Gasteiger partial charge is 0.166 e. The Balaban J connectivity index is 1.78. The molecule has 1 aromatic rings. The Labute approximate surface area is 119 Å². The average molecular weight is 282 g/mol. The van der Waals surface area contributed by atoms with Gasteiger partial charge in [0, 0.05) is 22.9 Å². The quantitative estimate of drug-likeness (QED) is 0.827. The summed E-state index contributed by atoms with van der Waals surface area (Å²) in [4.78, 5) is 1.40. The van der Waals surface area contributed by atoms with Crippen LogP contribution in [-0.4, -0.2) is 17.7 Å². The van der Waals surface area contributed by atoms with E-state index in [9.17, 15) is 0 Å². The van der Waals surface area contributed by atoms with E-state index in [-0.39, 0.29) is 5.41 Å². The number of rotatable bonds is 4. The van der Waals surface area contributed by atoms with Gasteiger partial charge in [-0.3, -0.25) is 0 Å². The Morgan fingerprint density at radius 2 is 2.17 bits per heavy atom. The molecular formula is C14H22N2S2. The van der Waals surface area contributed by atoms with E-state index in [1.165, 1.54) is 30.6 Å². The van der Waals surface area contributed by atoms with E-state index in [4.69, 9.17) is 12.2 Å². The second-order valence-corrected chi connectivity index (χ2v) is 7.03. The molecule has 18 heavy (non-hydrogen) atoms. The average Bonchev–Trinajstić information content (AvgIpc) is 2.99. The molecule has 0 aliphatic heterocycles. The Bertz CT molecular complexity index is 379. The van der Waals surface area contributed by atoms with Crippen molar-refractivity contribution < 1.29 is 0 Å². The molecule has 0 aromatic carbocycles. The fourth-order valence-electron chi connectivity index (χ4n) is 2.36. The molecule has 0 radical (unpaired) electrons. The minimum atomic E-state index is 0.135. The van der Waals surface area contributed by atoms with Gasteiger partial charge in [0.1, 0.15) is 0 Å². The molecule has 0 unspecified atom stereocenters. The monoisotopic (exact) mass is 282 g/mol. The van der Waals surface area contributed by atoms with Crippen molar-refractivity contribution >= 4 is 28.7 Å². The molecule has 2 N–H and O–H groups in total. The van der Waals surface area contributed by atoms with E-state index in [0.717, 1.165) is 11.7 Å². The van der Waals surface area contributed by atoms with E-state index >= 15 is 0 Å². The van der Waals surface area contributed by atoms with Crippen molar-refractivity contribution in [3.8, 4) is 0 Å². The first kappa shape index (κ1) is 13.8. The van der Waals surface area contributed by atoms with Crippen molar-refractivity contribution in [3.05, 3.63) is 22.4 Å². The maximum absolute atomic E-state index is 5.37. The summed E-state index contributed by atoms with van der Waals surface area (Å²) in [6.07, 6.45) is 5.19. The summed E-state index contributed by atoms with van der Waals surface area (Å²) in [5, 5.41) is 9.73. The highest BCUT2D eigenvalue weighted by molar-refractivity contribution is 7.80. The van der Waals surface area contributed by atoms with Gasteiger partial charge in [0.2, 0.25) is 0 Å². The maximum atomic E-state index is 5.37. The Morgan fingerprint density at radius 3 is 2.78 bits per heavy atom. The minimum Gasteiger partial charge on any atom is -0.362 e. The van der Waals surface area contributed by atoms with Crippen LogP contribution in [0.1, 0.15) is 44.4 Å². The largest absolute Gasteiger partial charge is 0.362 e. The summed E-state index contributed by atoms with van der Waals surface area (Å²) in [6, 6.07) is 4.89. The first-order valence-corrected chi connectivity index (χ1v) is 7.95. The third kappa shape index (κ3) is 3.69. The van der Waals surface area contributed by atoms with Crippen LogP contribution in [0, 0.1) is 0 Å². The maximum Gasteiger partial charge on any atom is 0.166 e. The molecule has 1 fully saturated rings. The highest BCUT2D eigenvalue weighted by Crippen LogP contribution is 2.26. The Hall–Kier alpha value is -0.610. The fourth-order valence-corrected chi connectivity index (χ4v) is 3.45. The zero-order chi connectivity index (χ0) is 13.0. The van der Waals surface area contributed by atoms with E-state index < -0.39 is 0 Å². The van der Waals surface area contributed by atoms with Gasteiger partial charge in [0.05, 0.1) is 0 Å². The fraction of sp³-hybridized carbons (Fsp3) is 0.643. The van der Waals surface area contributed by atoms with Crippen LogP contribution in [-0.2, 0) is 5.41 Å². The van der Waals surface area contributed by atoms with E-state index in [0.29, 0.717) is 6.04 Å². The molecule has 0 atom stereocenters. The highest BCUT2D eigenvalue weighted by Gasteiger charge is 2.22. The van der Waals surface area contributed by atoms with Crippen molar-refractivity contribution in [2.45, 2.75) is 51.0 Å². The first-order valence-electron chi connectivity index (χ1n) is 6.66. The SMILES string of the molecule is CC(C)(CNC(=S)NC1CCCC1)c1cccs1. The summed E-state index contributed by atoms with van der Waals surface area (Å²) in [5.41, 5.74) is 0.135. The van der Waals surface area contributed by atoms with Crippen molar-refractivity contribution in [2.24, 2.45) is 0 Å². The number of hydrogen-bond donors (Lipinski definition) is 2. The number of hydrogen-bond acceptors (Lipinski definition) is 2. The lowest BCUT2D eigenvalue weighted by molar-refractivity contribution is 0.515. The van der Waals surface area contributed by atoms with Crippen LogP contribution >= 0.6 is 23.6 Å². The lowest BCUT2D eigenvalue weighted by Gasteiger charge is -2.25. The summed E-state index contributed by atoms with van der Waals surface area (Å²) in [7, 11) is 0. The summed E-state index contributed by atoms with van der Waals surface area (Å²) < 4.78 is 0. The standard InChI is InChI=1S/C14H22N2S2/c1-14(2,12-8-5-9-18-12)10-15-13(17)16-11-6-3-4-7-11/h5,8-9,11H,3-4,6-7,10H2,1-2H3,(H2,15,16,17). The second-order valence-electron chi connectivity index (χ2n) is 5.67. The first-order chi connectivity index (χ1) is 8.58. The summed E-state index contributed by atoms with van der Waals surface area (Å²) in [6.45, 7) is 5.39. The van der Waals surface area contributed by atoms with Gasteiger partial charge < -0.3 is 10.6 Å². The number of thiophene rings is 1. The topological polar surface area (TPSA) is 24.1 Å². The lowest BCUT2D eigenvalue weighted by Crippen LogP contribution is -2.45. The number of thiocarbonyl (C=S) groups is 1.